The van der Waals surface area contributed by atoms with Crippen LogP contribution in [0.15, 0.2) is 48.5 Å². The summed E-state index contributed by atoms with van der Waals surface area (Å²) < 4.78 is 15.5. The third kappa shape index (κ3) is 5.52. The molecule has 24 heavy (non-hydrogen) atoms. The van der Waals surface area contributed by atoms with Crippen molar-refractivity contribution in [2.45, 2.75) is 26.9 Å². The van der Waals surface area contributed by atoms with Crippen molar-refractivity contribution in [1.29, 1.82) is 0 Å². The maximum atomic E-state index is 11.9. The average molecular weight is 328 g/mol. The Bertz CT molecular complexity index is 689. The van der Waals surface area contributed by atoms with Crippen molar-refractivity contribution in [2.24, 2.45) is 0 Å². The van der Waals surface area contributed by atoms with Gasteiger partial charge in [0.1, 0.15) is 18.1 Å². The number of esters is 2. The lowest BCUT2D eigenvalue weighted by atomic mass is 10.2. The molecular formula is C19H20O5. The predicted molar refractivity (Wildman–Crippen MR) is 89.0 cm³/mol. The third-order valence-corrected chi connectivity index (χ3v) is 3.28. The molecule has 0 aliphatic rings. The van der Waals surface area contributed by atoms with Crippen LogP contribution in [-0.4, -0.2) is 24.6 Å². The average Bonchev–Trinajstić information content (AvgIpc) is 2.57. The zero-order valence-corrected chi connectivity index (χ0v) is 13.9. The standard InChI is InChI=1S/C19H20O5/c1-13-4-8-16(9-5-13)23-18(20)12-22-15(3)19(21)24-17-10-6-14(2)7-11-17/h4-11,15H,12H2,1-3H3. The maximum absolute atomic E-state index is 11.9. The molecule has 0 saturated heterocycles. The SMILES string of the molecule is Cc1ccc(OC(=O)COC(C)C(=O)Oc2ccc(C)cc2)cc1. The van der Waals surface area contributed by atoms with E-state index in [-0.39, 0.29) is 6.61 Å². The van der Waals surface area contributed by atoms with Gasteiger partial charge in [-0.25, -0.2) is 9.59 Å². The monoisotopic (exact) mass is 328 g/mol. The summed E-state index contributed by atoms with van der Waals surface area (Å²) in [6.45, 7) is 5.07. The van der Waals surface area contributed by atoms with Crippen molar-refractivity contribution in [2.75, 3.05) is 6.61 Å². The predicted octanol–water partition coefficient (Wildman–Crippen LogP) is 3.22. The first kappa shape index (κ1) is 17.7. The van der Waals surface area contributed by atoms with E-state index in [0.717, 1.165) is 11.1 Å². The van der Waals surface area contributed by atoms with Crippen molar-refractivity contribution >= 4 is 11.9 Å². The fraction of sp³-hybridized carbons (Fsp3) is 0.263. The number of carbonyl (C=O) groups excluding carboxylic acids is 2. The van der Waals surface area contributed by atoms with Gasteiger partial charge in [-0.15, -0.1) is 0 Å². The van der Waals surface area contributed by atoms with E-state index in [1.807, 2.05) is 38.1 Å². The number of aryl methyl sites for hydroxylation is 2. The lowest BCUT2D eigenvalue weighted by Gasteiger charge is -2.12. The largest absolute Gasteiger partial charge is 0.425 e. The van der Waals surface area contributed by atoms with E-state index in [9.17, 15) is 9.59 Å². The quantitative estimate of drug-likeness (QED) is 0.602. The van der Waals surface area contributed by atoms with Crippen molar-refractivity contribution in [3.63, 3.8) is 0 Å². The van der Waals surface area contributed by atoms with Crippen LogP contribution in [0.2, 0.25) is 0 Å². The second kappa shape index (κ2) is 8.26. The molecule has 2 aromatic rings. The summed E-state index contributed by atoms with van der Waals surface area (Å²) in [5.41, 5.74) is 2.14. The zero-order chi connectivity index (χ0) is 17.5. The second-order valence-corrected chi connectivity index (χ2v) is 5.47. The molecule has 126 valence electrons. The highest BCUT2D eigenvalue weighted by Crippen LogP contribution is 2.13. The van der Waals surface area contributed by atoms with Crippen LogP contribution < -0.4 is 9.47 Å². The number of benzene rings is 2. The first-order valence-corrected chi connectivity index (χ1v) is 7.61. The molecule has 0 radical (unpaired) electrons. The molecule has 0 amide bonds. The van der Waals surface area contributed by atoms with E-state index in [1.165, 1.54) is 6.92 Å². The summed E-state index contributed by atoms with van der Waals surface area (Å²) in [6.07, 6.45) is -0.878. The van der Waals surface area contributed by atoms with Crippen LogP contribution in [0.3, 0.4) is 0 Å². The number of hydrogen-bond donors (Lipinski definition) is 0. The van der Waals surface area contributed by atoms with Crippen LogP contribution in [0.5, 0.6) is 11.5 Å². The molecule has 2 rings (SSSR count). The van der Waals surface area contributed by atoms with Gasteiger partial charge in [0, 0.05) is 0 Å². The highest BCUT2D eigenvalue weighted by atomic mass is 16.6. The summed E-state index contributed by atoms with van der Waals surface area (Å²) in [5.74, 6) is -0.275. The Balaban J connectivity index is 1.77. The fourth-order valence-corrected chi connectivity index (χ4v) is 1.83. The maximum Gasteiger partial charge on any atom is 0.340 e. The Morgan fingerprint density at radius 1 is 0.833 bits per heavy atom. The van der Waals surface area contributed by atoms with Gasteiger partial charge in [-0.2, -0.15) is 0 Å². The normalized spacial score (nSPS) is 11.6. The summed E-state index contributed by atoms with van der Waals surface area (Å²) in [5, 5.41) is 0. The van der Waals surface area contributed by atoms with E-state index < -0.39 is 18.0 Å². The molecule has 1 unspecified atom stereocenters. The van der Waals surface area contributed by atoms with E-state index in [2.05, 4.69) is 0 Å². The smallest absolute Gasteiger partial charge is 0.340 e. The molecule has 0 aliphatic carbocycles. The van der Waals surface area contributed by atoms with E-state index in [0.29, 0.717) is 11.5 Å². The first-order chi connectivity index (χ1) is 11.4. The molecule has 0 aliphatic heterocycles. The Morgan fingerprint density at radius 2 is 1.29 bits per heavy atom. The van der Waals surface area contributed by atoms with Gasteiger partial charge in [0.15, 0.2) is 6.10 Å². The highest BCUT2D eigenvalue weighted by molar-refractivity contribution is 5.78. The van der Waals surface area contributed by atoms with Crippen molar-refractivity contribution in [3.8, 4) is 11.5 Å². The molecule has 0 aromatic heterocycles. The molecule has 1 atom stereocenters. The Kier molecular flexibility index (Phi) is 6.09. The number of hydrogen-bond acceptors (Lipinski definition) is 5. The Morgan fingerprint density at radius 3 is 1.79 bits per heavy atom. The van der Waals surface area contributed by atoms with Crippen LogP contribution in [0, 0.1) is 13.8 Å². The third-order valence-electron chi connectivity index (χ3n) is 3.28. The number of rotatable bonds is 6. The van der Waals surface area contributed by atoms with Gasteiger partial charge < -0.3 is 14.2 Å². The van der Waals surface area contributed by atoms with Gasteiger partial charge in [-0.3, -0.25) is 0 Å². The molecule has 0 fully saturated rings. The van der Waals surface area contributed by atoms with Crippen molar-refractivity contribution in [1.82, 2.24) is 0 Å². The highest BCUT2D eigenvalue weighted by Gasteiger charge is 2.18. The summed E-state index contributed by atoms with van der Waals surface area (Å²) in [6, 6.07) is 14.2. The van der Waals surface area contributed by atoms with E-state index in [1.54, 1.807) is 24.3 Å². The molecular weight excluding hydrogens is 308 g/mol. The molecule has 0 saturated carbocycles. The van der Waals surface area contributed by atoms with Gasteiger partial charge in [0.2, 0.25) is 0 Å². The summed E-state index contributed by atoms with van der Waals surface area (Å²) in [7, 11) is 0. The van der Waals surface area contributed by atoms with Gasteiger partial charge in [-0.05, 0) is 45.0 Å². The number of ether oxygens (including phenoxy) is 3. The minimum atomic E-state index is -0.878. The molecule has 0 N–H and O–H groups in total. The molecule has 5 nitrogen and oxygen atoms in total. The minimum Gasteiger partial charge on any atom is -0.425 e. The van der Waals surface area contributed by atoms with Crippen LogP contribution in [0.25, 0.3) is 0 Å². The van der Waals surface area contributed by atoms with Crippen LogP contribution in [0.1, 0.15) is 18.1 Å². The second-order valence-electron chi connectivity index (χ2n) is 5.47. The van der Waals surface area contributed by atoms with Gasteiger partial charge in [0.05, 0.1) is 0 Å². The van der Waals surface area contributed by atoms with E-state index in [4.69, 9.17) is 14.2 Å². The number of carbonyl (C=O) groups is 2. The van der Waals surface area contributed by atoms with Gasteiger partial charge in [-0.1, -0.05) is 35.4 Å². The zero-order valence-electron chi connectivity index (χ0n) is 13.9. The Labute approximate surface area is 141 Å². The summed E-state index contributed by atoms with van der Waals surface area (Å²) >= 11 is 0. The van der Waals surface area contributed by atoms with Crippen molar-refractivity contribution in [3.05, 3.63) is 59.7 Å². The minimum absolute atomic E-state index is 0.335. The molecule has 0 bridgehead atoms. The first-order valence-electron chi connectivity index (χ1n) is 7.61. The van der Waals surface area contributed by atoms with Gasteiger partial charge >= 0.3 is 11.9 Å². The van der Waals surface area contributed by atoms with E-state index >= 15 is 0 Å². The lowest BCUT2D eigenvalue weighted by Crippen LogP contribution is -2.29. The molecule has 2 aromatic carbocycles. The Hall–Kier alpha value is -2.66. The van der Waals surface area contributed by atoms with Crippen LogP contribution >= 0.6 is 0 Å². The van der Waals surface area contributed by atoms with Crippen LogP contribution in [-0.2, 0) is 14.3 Å². The molecule has 0 spiro atoms. The van der Waals surface area contributed by atoms with Gasteiger partial charge in [0.25, 0.3) is 0 Å². The van der Waals surface area contributed by atoms with Crippen LogP contribution in [0.4, 0.5) is 0 Å². The van der Waals surface area contributed by atoms with Crippen molar-refractivity contribution < 1.29 is 23.8 Å². The fourth-order valence-electron chi connectivity index (χ4n) is 1.83. The molecule has 0 heterocycles. The lowest BCUT2D eigenvalue weighted by molar-refractivity contribution is -0.152. The molecule has 5 heteroatoms. The topological polar surface area (TPSA) is 61.8 Å². The summed E-state index contributed by atoms with van der Waals surface area (Å²) in [4.78, 5) is 23.6.